The van der Waals surface area contributed by atoms with Crippen LogP contribution < -0.4 is 16.4 Å². The highest BCUT2D eigenvalue weighted by Gasteiger charge is 2.17. The van der Waals surface area contributed by atoms with E-state index in [2.05, 4.69) is 21.0 Å². The summed E-state index contributed by atoms with van der Waals surface area (Å²) in [6.07, 6.45) is 0. The third kappa shape index (κ3) is 3.71. The van der Waals surface area contributed by atoms with E-state index in [4.69, 9.17) is 0 Å². The Labute approximate surface area is 155 Å². The summed E-state index contributed by atoms with van der Waals surface area (Å²) in [5.41, 5.74) is 6.16. The number of rotatable bonds is 4. The van der Waals surface area contributed by atoms with Crippen molar-refractivity contribution in [2.45, 2.75) is 33.9 Å². The van der Waals surface area contributed by atoms with Gasteiger partial charge in [0.2, 0.25) is 0 Å². The molecule has 3 rings (SSSR count). The van der Waals surface area contributed by atoms with Gasteiger partial charge in [-0.3, -0.25) is 29.9 Å². The lowest BCUT2D eigenvalue weighted by atomic mass is 10.1. The fourth-order valence-electron chi connectivity index (χ4n) is 2.81. The Hall–Kier alpha value is -3.49. The normalized spacial score (nSPS) is 10.8. The minimum Gasteiger partial charge on any atom is -0.271 e. The van der Waals surface area contributed by atoms with Gasteiger partial charge in [0, 0.05) is 17.6 Å². The number of carbonyl (C=O) groups is 2. The SMILES string of the molecule is CCn1nc(C(=O)NNC(=O)Cn2nc(C)cc2C)c2ccccc2c1=O. The van der Waals surface area contributed by atoms with Crippen LogP contribution in [-0.2, 0) is 17.9 Å². The average molecular weight is 368 g/mol. The maximum absolute atomic E-state index is 12.5. The zero-order chi connectivity index (χ0) is 19.6. The number of hydrogen-bond acceptors (Lipinski definition) is 5. The van der Waals surface area contributed by atoms with Crippen LogP contribution >= 0.6 is 0 Å². The molecular formula is C18H20N6O3. The van der Waals surface area contributed by atoms with Crippen molar-refractivity contribution in [3.8, 4) is 0 Å². The van der Waals surface area contributed by atoms with Crippen molar-refractivity contribution in [3.63, 3.8) is 0 Å². The molecule has 0 bridgehead atoms. The minimum atomic E-state index is -0.602. The first-order valence-corrected chi connectivity index (χ1v) is 8.50. The lowest BCUT2D eigenvalue weighted by Gasteiger charge is -2.11. The summed E-state index contributed by atoms with van der Waals surface area (Å²) in [4.78, 5) is 37.0. The summed E-state index contributed by atoms with van der Waals surface area (Å²) in [6, 6.07) is 8.59. The second-order valence-electron chi connectivity index (χ2n) is 6.10. The molecule has 2 heterocycles. The van der Waals surface area contributed by atoms with Crippen molar-refractivity contribution in [2.24, 2.45) is 0 Å². The molecule has 9 nitrogen and oxygen atoms in total. The smallest absolute Gasteiger partial charge is 0.271 e. The summed E-state index contributed by atoms with van der Waals surface area (Å²) >= 11 is 0. The zero-order valence-electron chi connectivity index (χ0n) is 15.3. The van der Waals surface area contributed by atoms with Crippen LogP contribution in [0.4, 0.5) is 0 Å². The Balaban J connectivity index is 1.78. The third-order valence-electron chi connectivity index (χ3n) is 4.09. The molecule has 140 valence electrons. The Morgan fingerprint density at radius 1 is 1.04 bits per heavy atom. The Morgan fingerprint density at radius 3 is 2.37 bits per heavy atom. The second-order valence-corrected chi connectivity index (χ2v) is 6.10. The van der Waals surface area contributed by atoms with E-state index < -0.39 is 11.8 Å². The number of carbonyl (C=O) groups excluding carboxylic acids is 2. The molecule has 0 aliphatic carbocycles. The molecule has 0 radical (unpaired) electrons. The molecule has 0 unspecified atom stereocenters. The molecule has 0 atom stereocenters. The van der Waals surface area contributed by atoms with Crippen LogP contribution in [-0.4, -0.2) is 31.4 Å². The second kappa shape index (κ2) is 7.40. The fourth-order valence-corrected chi connectivity index (χ4v) is 2.81. The van der Waals surface area contributed by atoms with E-state index in [0.717, 1.165) is 11.4 Å². The highest BCUT2D eigenvalue weighted by Crippen LogP contribution is 2.13. The topological polar surface area (TPSA) is 111 Å². The van der Waals surface area contributed by atoms with Crippen LogP contribution in [0.25, 0.3) is 10.8 Å². The van der Waals surface area contributed by atoms with E-state index in [-0.39, 0.29) is 17.8 Å². The van der Waals surface area contributed by atoms with Crippen molar-refractivity contribution in [1.29, 1.82) is 0 Å². The van der Waals surface area contributed by atoms with Gasteiger partial charge in [-0.05, 0) is 32.9 Å². The molecule has 2 amide bonds. The van der Waals surface area contributed by atoms with Gasteiger partial charge in [-0.2, -0.15) is 10.2 Å². The van der Waals surface area contributed by atoms with Gasteiger partial charge < -0.3 is 0 Å². The number of aromatic nitrogens is 4. The Morgan fingerprint density at radius 2 is 1.74 bits per heavy atom. The summed E-state index contributed by atoms with van der Waals surface area (Å²) in [6.45, 7) is 5.75. The van der Waals surface area contributed by atoms with E-state index in [1.807, 2.05) is 19.9 Å². The monoisotopic (exact) mass is 368 g/mol. The fraction of sp³-hybridized carbons (Fsp3) is 0.278. The first kappa shape index (κ1) is 18.3. The molecule has 3 aromatic rings. The van der Waals surface area contributed by atoms with Gasteiger partial charge in [-0.25, -0.2) is 4.68 Å². The quantitative estimate of drug-likeness (QED) is 0.658. The van der Waals surface area contributed by atoms with Crippen molar-refractivity contribution in [1.82, 2.24) is 30.4 Å². The molecule has 0 spiro atoms. The van der Waals surface area contributed by atoms with Gasteiger partial charge in [0.15, 0.2) is 5.69 Å². The van der Waals surface area contributed by atoms with Crippen LogP contribution in [0.1, 0.15) is 28.8 Å². The standard InChI is InChI=1S/C18H20N6O3/c1-4-23-18(27)14-8-6-5-7-13(14)16(22-23)17(26)20-19-15(25)10-24-12(3)9-11(2)21-24/h5-9H,4,10H2,1-3H3,(H,19,25)(H,20,26). The van der Waals surface area contributed by atoms with Gasteiger partial charge in [0.05, 0.1) is 11.1 Å². The first-order valence-electron chi connectivity index (χ1n) is 8.50. The van der Waals surface area contributed by atoms with Gasteiger partial charge in [-0.1, -0.05) is 18.2 Å². The summed E-state index contributed by atoms with van der Waals surface area (Å²) < 4.78 is 2.76. The number of fused-ring (bicyclic) bond motifs is 1. The van der Waals surface area contributed by atoms with Crippen LogP contribution in [0.2, 0.25) is 0 Å². The van der Waals surface area contributed by atoms with Crippen LogP contribution in [0, 0.1) is 13.8 Å². The highest BCUT2D eigenvalue weighted by atomic mass is 16.2. The maximum Gasteiger partial charge on any atom is 0.290 e. The molecule has 1 aromatic carbocycles. The number of amides is 2. The number of nitrogens with one attached hydrogen (secondary N) is 2. The zero-order valence-corrected chi connectivity index (χ0v) is 15.3. The summed E-state index contributed by atoms with van der Waals surface area (Å²) in [5, 5.41) is 9.15. The molecule has 27 heavy (non-hydrogen) atoms. The van der Waals surface area contributed by atoms with Gasteiger partial charge >= 0.3 is 0 Å². The van der Waals surface area contributed by atoms with E-state index in [1.54, 1.807) is 35.9 Å². The number of benzene rings is 1. The van der Waals surface area contributed by atoms with E-state index >= 15 is 0 Å². The minimum absolute atomic E-state index is 0.0252. The van der Waals surface area contributed by atoms with Crippen molar-refractivity contribution in [3.05, 3.63) is 57.8 Å². The number of hydrazine groups is 1. The number of aryl methyl sites for hydroxylation is 3. The van der Waals surface area contributed by atoms with Gasteiger partial charge in [0.1, 0.15) is 6.54 Å². The molecule has 9 heteroatoms. The van der Waals surface area contributed by atoms with Crippen molar-refractivity contribution < 1.29 is 9.59 Å². The van der Waals surface area contributed by atoms with Crippen LogP contribution in [0.15, 0.2) is 35.1 Å². The molecule has 2 N–H and O–H groups in total. The largest absolute Gasteiger partial charge is 0.290 e. The number of nitrogens with zero attached hydrogens (tertiary/aromatic N) is 4. The molecule has 2 aromatic heterocycles. The Bertz CT molecular complexity index is 1080. The van der Waals surface area contributed by atoms with E-state index in [1.165, 1.54) is 4.68 Å². The summed E-state index contributed by atoms with van der Waals surface area (Å²) in [7, 11) is 0. The molecule has 0 aliphatic rings. The molecule has 0 saturated carbocycles. The maximum atomic E-state index is 12.5. The van der Waals surface area contributed by atoms with Gasteiger partial charge in [-0.15, -0.1) is 0 Å². The third-order valence-corrected chi connectivity index (χ3v) is 4.09. The summed E-state index contributed by atoms with van der Waals surface area (Å²) in [5.74, 6) is -1.03. The lowest BCUT2D eigenvalue weighted by Crippen LogP contribution is -2.44. The molecular weight excluding hydrogens is 348 g/mol. The van der Waals surface area contributed by atoms with Crippen molar-refractivity contribution >= 4 is 22.6 Å². The van der Waals surface area contributed by atoms with Crippen molar-refractivity contribution in [2.75, 3.05) is 0 Å². The van der Waals surface area contributed by atoms with E-state index in [9.17, 15) is 14.4 Å². The Kier molecular flexibility index (Phi) is 5.02. The molecule has 0 fully saturated rings. The predicted molar refractivity (Wildman–Crippen MR) is 99.0 cm³/mol. The molecule has 0 saturated heterocycles. The van der Waals surface area contributed by atoms with E-state index in [0.29, 0.717) is 17.3 Å². The predicted octanol–water partition coefficient (Wildman–Crippen LogP) is 0.691. The average Bonchev–Trinajstić information content (AvgIpc) is 2.97. The van der Waals surface area contributed by atoms with Crippen LogP contribution in [0.3, 0.4) is 0 Å². The first-order chi connectivity index (χ1) is 12.9. The highest BCUT2D eigenvalue weighted by molar-refractivity contribution is 6.05. The van der Waals surface area contributed by atoms with Gasteiger partial charge in [0.25, 0.3) is 17.4 Å². The lowest BCUT2D eigenvalue weighted by molar-refractivity contribution is -0.122. The molecule has 0 aliphatic heterocycles. The van der Waals surface area contributed by atoms with Crippen LogP contribution in [0.5, 0.6) is 0 Å². The number of hydrogen-bond donors (Lipinski definition) is 2.